The molecular weight excluding hydrogens is 731 g/mol. The van der Waals surface area contributed by atoms with Crippen LogP contribution >= 0.6 is 0 Å². The number of anilines is 1. The van der Waals surface area contributed by atoms with Gasteiger partial charge in [0, 0.05) is 36.3 Å². The Hall–Kier alpha value is -5.10. The Morgan fingerprint density at radius 3 is 1.72 bits per heavy atom. The first-order chi connectivity index (χ1) is 27.7. The summed E-state index contributed by atoms with van der Waals surface area (Å²) in [5.41, 5.74) is 8.99. The van der Waals surface area contributed by atoms with Crippen LogP contribution in [-0.2, 0) is 0 Å². The molecule has 0 saturated carbocycles. The molecule has 0 radical (unpaired) electrons. The third kappa shape index (κ3) is 6.79. The molecular formula is C46H50F2N8Si. The van der Waals surface area contributed by atoms with Crippen LogP contribution < -0.4 is 20.7 Å². The number of fused-ring (bicyclic) bond motifs is 2. The number of nitrogens with one attached hydrogen (secondary N) is 4. The Morgan fingerprint density at radius 1 is 0.649 bits per heavy atom. The predicted molar refractivity (Wildman–Crippen MR) is 229 cm³/mol. The van der Waals surface area contributed by atoms with E-state index in [2.05, 4.69) is 76.6 Å². The second-order valence-corrected chi connectivity index (χ2v) is 22.4. The lowest BCUT2D eigenvalue weighted by Gasteiger charge is -2.34. The maximum absolute atomic E-state index is 16.5. The van der Waals surface area contributed by atoms with Gasteiger partial charge in [0.2, 0.25) is 0 Å². The van der Waals surface area contributed by atoms with Crippen LogP contribution in [0.4, 0.5) is 14.5 Å². The molecule has 0 unspecified atom stereocenters. The minimum Gasteiger partial charge on any atom is -0.367 e. The third-order valence-electron chi connectivity index (χ3n) is 12.5. The maximum atomic E-state index is 16.5. The second-order valence-electron chi connectivity index (χ2n) is 17.3. The lowest BCUT2D eigenvalue weighted by atomic mass is 9.89. The number of H-pyrrole nitrogens is 2. The first-order valence-electron chi connectivity index (χ1n) is 20.7. The fourth-order valence-corrected chi connectivity index (χ4v) is 10.6. The van der Waals surface area contributed by atoms with E-state index in [4.69, 9.17) is 9.97 Å². The monoisotopic (exact) mass is 780 g/mol. The summed E-state index contributed by atoms with van der Waals surface area (Å²) in [7, 11) is -1.45. The molecule has 6 heterocycles. The highest BCUT2D eigenvalue weighted by Gasteiger charge is 2.28. The molecule has 0 aliphatic carbocycles. The van der Waals surface area contributed by atoms with Gasteiger partial charge < -0.3 is 30.1 Å². The van der Waals surface area contributed by atoms with Gasteiger partial charge in [0.25, 0.3) is 0 Å². The molecule has 11 heteroatoms. The van der Waals surface area contributed by atoms with Gasteiger partial charge in [-0.25, -0.2) is 18.7 Å². The highest BCUT2D eigenvalue weighted by molar-refractivity contribution is 6.88. The number of hydrogen-bond donors (Lipinski definition) is 4. The number of imidazole rings is 2. The number of nitrogens with zero attached hydrogens (tertiary/aromatic N) is 4. The van der Waals surface area contributed by atoms with Gasteiger partial charge in [-0.2, -0.15) is 0 Å². The van der Waals surface area contributed by atoms with Gasteiger partial charge in [0.1, 0.15) is 17.3 Å². The molecule has 10 rings (SSSR count). The zero-order chi connectivity index (χ0) is 38.8. The van der Waals surface area contributed by atoms with E-state index in [-0.39, 0.29) is 17.8 Å². The molecule has 0 spiro atoms. The van der Waals surface area contributed by atoms with E-state index in [0.717, 1.165) is 108 Å². The smallest absolute Gasteiger partial charge is 0.151 e. The summed E-state index contributed by atoms with van der Waals surface area (Å²) >= 11 is 0. The summed E-state index contributed by atoms with van der Waals surface area (Å²) < 4.78 is 35.1. The van der Waals surface area contributed by atoms with Crippen molar-refractivity contribution < 1.29 is 8.78 Å². The van der Waals surface area contributed by atoms with E-state index in [1.165, 1.54) is 22.9 Å². The van der Waals surface area contributed by atoms with Crippen molar-refractivity contribution in [2.75, 3.05) is 31.1 Å². The molecule has 3 saturated heterocycles. The van der Waals surface area contributed by atoms with Crippen molar-refractivity contribution in [2.24, 2.45) is 0 Å². The van der Waals surface area contributed by atoms with Crippen LogP contribution in [0.15, 0.2) is 84.9 Å². The highest BCUT2D eigenvalue weighted by atomic mass is 28.3. The fourth-order valence-electron chi connectivity index (χ4n) is 9.39. The molecule has 0 amide bonds. The van der Waals surface area contributed by atoms with Gasteiger partial charge in [0.15, 0.2) is 11.6 Å². The van der Waals surface area contributed by atoms with E-state index in [1.54, 1.807) is 0 Å². The quantitative estimate of drug-likeness (QED) is 0.115. The number of aromatic nitrogens is 5. The number of rotatable bonds is 8. The normalized spacial score (nSPS) is 19.4. The van der Waals surface area contributed by atoms with Crippen LogP contribution in [0.5, 0.6) is 0 Å². The minimum absolute atomic E-state index is 0.0576. The van der Waals surface area contributed by atoms with Crippen molar-refractivity contribution in [2.45, 2.75) is 76.2 Å². The van der Waals surface area contributed by atoms with E-state index in [0.29, 0.717) is 24.7 Å². The van der Waals surface area contributed by atoms with E-state index in [9.17, 15) is 0 Å². The Kier molecular flexibility index (Phi) is 9.14. The molecule has 3 aromatic heterocycles. The summed E-state index contributed by atoms with van der Waals surface area (Å²) in [4.78, 5) is 18.8. The number of hydrogen-bond acceptors (Lipinski definition) is 5. The Labute approximate surface area is 333 Å². The third-order valence-corrected chi connectivity index (χ3v) is 14.6. The highest BCUT2D eigenvalue weighted by Crippen LogP contribution is 2.39. The van der Waals surface area contributed by atoms with Crippen LogP contribution in [0.25, 0.3) is 50.3 Å². The summed E-state index contributed by atoms with van der Waals surface area (Å²) in [5.74, 6) is 1.16. The van der Waals surface area contributed by atoms with E-state index >= 15 is 8.78 Å². The Bertz CT molecular complexity index is 2460. The van der Waals surface area contributed by atoms with Crippen LogP contribution in [0, 0.1) is 11.6 Å². The molecule has 4 N–H and O–H groups in total. The lowest BCUT2D eigenvalue weighted by Crippen LogP contribution is -2.38. The second kappa shape index (κ2) is 14.4. The SMILES string of the molecule is C[Si](C)(C)c1cccc(C2CCN(c3c(F)cc(-n4c(-c5ccc6nc([C@@H]7CCCN7)[nH]c6c5)ccc4-c4ccc5nc([C@@H]6CCCN6)[nH]c5c4)cc3F)CC2)c1. The predicted octanol–water partition coefficient (Wildman–Crippen LogP) is 9.62. The summed E-state index contributed by atoms with van der Waals surface area (Å²) in [5, 5.41) is 8.52. The molecule has 0 bridgehead atoms. The molecule has 57 heavy (non-hydrogen) atoms. The van der Waals surface area contributed by atoms with Crippen molar-refractivity contribution in [3.63, 3.8) is 0 Å². The standard InChI is InChI=1S/C46H50F2N8Si/c1-57(2,3)33-8-4-7-29(23-33)28-17-21-55(22-18-28)44-34(47)26-32(27-35(44)48)56-42(30-11-13-36-40(24-30)53-45(51-36)38-9-5-19-49-38)15-16-43(56)31-12-14-37-41(25-31)54-46(52-37)39-10-6-20-50-39/h4,7-8,11-16,23-28,38-39,49-50H,5-6,9-10,17-22H2,1-3H3,(H,51,53)(H,52,54)/t38-,39-/m0/s1. The van der Waals surface area contributed by atoms with Gasteiger partial charge in [-0.15, -0.1) is 0 Å². The zero-order valence-corrected chi connectivity index (χ0v) is 33.9. The molecule has 4 aromatic carbocycles. The van der Waals surface area contributed by atoms with Crippen LogP contribution in [0.1, 0.15) is 73.7 Å². The van der Waals surface area contributed by atoms with Gasteiger partial charge in [-0.1, -0.05) is 61.2 Å². The molecule has 292 valence electrons. The van der Waals surface area contributed by atoms with Gasteiger partial charge in [-0.3, -0.25) is 0 Å². The topological polar surface area (TPSA) is 89.6 Å². The van der Waals surface area contributed by atoms with Crippen LogP contribution in [0.3, 0.4) is 0 Å². The van der Waals surface area contributed by atoms with Crippen molar-refractivity contribution >= 4 is 41.0 Å². The first kappa shape index (κ1) is 36.3. The van der Waals surface area contributed by atoms with Gasteiger partial charge in [0.05, 0.1) is 59.3 Å². The average molecular weight is 781 g/mol. The van der Waals surface area contributed by atoms with Gasteiger partial charge >= 0.3 is 0 Å². The van der Waals surface area contributed by atoms with Gasteiger partial charge in [-0.05, 0) is 99.5 Å². The molecule has 2 atom stereocenters. The molecule has 3 aliphatic rings. The molecule has 3 aliphatic heterocycles. The zero-order valence-electron chi connectivity index (χ0n) is 32.9. The van der Waals surface area contributed by atoms with E-state index < -0.39 is 19.7 Å². The average Bonchev–Trinajstić information content (AvgIpc) is 4.06. The van der Waals surface area contributed by atoms with Crippen LogP contribution in [-0.4, -0.2) is 58.8 Å². The lowest BCUT2D eigenvalue weighted by molar-refractivity contribution is 0.486. The largest absolute Gasteiger partial charge is 0.367 e. The maximum Gasteiger partial charge on any atom is 0.151 e. The van der Waals surface area contributed by atoms with Crippen molar-refractivity contribution in [1.29, 1.82) is 0 Å². The number of aromatic amines is 2. The Balaban J connectivity index is 1.01. The number of halogens is 2. The van der Waals surface area contributed by atoms with Crippen molar-refractivity contribution in [3.8, 4) is 28.2 Å². The fraction of sp³-hybridized carbons (Fsp3) is 0.348. The van der Waals surface area contributed by atoms with Crippen LogP contribution in [0.2, 0.25) is 19.6 Å². The molecule has 3 fully saturated rings. The Morgan fingerprint density at radius 2 is 1.21 bits per heavy atom. The summed E-state index contributed by atoms with van der Waals surface area (Å²) in [6.45, 7) is 10.3. The number of benzene rings is 4. The number of piperidine rings is 1. The van der Waals surface area contributed by atoms with Crippen molar-refractivity contribution in [1.82, 2.24) is 35.1 Å². The van der Waals surface area contributed by atoms with E-state index in [1.807, 2.05) is 45.9 Å². The summed E-state index contributed by atoms with van der Waals surface area (Å²) in [6.07, 6.45) is 6.06. The van der Waals surface area contributed by atoms with Crippen molar-refractivity contribution in [3.05, 3.63) is 114 Å². The first-order valence-corrected chi connectivity index (χ1v) is 24.2. The summed E-state index contributed by atoms with van der Waals surface area (Å²) in [6, 6.07) is 28.9. The molecule has 7 aromatic rings. The minimum atomic E-state index is -1.45. The molecule has 8 nitrogen and oxygen atoms in total.